The zero-order valence-corrected chi connectivity index (χ0v) is 18.9. The van der Waals surface area contributed by atoms with Crippen LogP contribution in [0.4, 0.5) is 5.69 Å². The fraction of sp³-hybridized carbons (Fsp3) is 0.579. The summed E-state index contributed by atoms with van der Waals surface area (Å²) < 4.78 is 0.249. The molecular weight excluding hydrogens is 459 g/mol. The molecule has 2 heterocycles. The second-order valence-corrected chi connectivity index (χ2v) is 8.99. The minimum atomic E-state index is -0.0869. The maximum Gasteiger partial charge on any atom is 0.232 e. The summed E-state index contributed by atoms with van der Waals surface area (Å²) in [7, 11) is 0. The van der Waals surface area contributed by atoms with Crippen LogP contribution >= 0.6 is 35.7 Å². The van der Waals surface area contributed by atoms with Crippen molar-refractivity contribution in [2.24, 2.45) is 4.99 Å². The molecule has 0 bridgehead atoms. The zero-order chi connectivity index (χ0) is 17.9. The molecule has 1 aromatic rings. The second kappa shape index (κ2) is 9.30. The fourth-order valence-electron chi connectivity index (χ4n) is 3.49. The topological polar surface area (TPSA) is 56.7 Å². The lowest BCUT2D eigenvalue weighted by Gasteiger charge is -2.39. The zero-order valence-electron chi connectivity index (χ0n) is 15.7. The highest BCUT2D eigenvalue weighted by atomic mass is 127. The number of halogens is 1. The summed E-state index contributed by atoms with van der Waals surface area (Å²) in [4.78, 5) is 19.4. The van der Waals surface area contributed by atoms with Crippen LogP contribution in [0.3, 0.4) is 0 Å². The molecule has 0 saturated carbocycles. The van der Waals surface area contributed by atoms with Crippen molar-refractivity contribution in [1.82, 2.24) is 10.2 Å². The van der Waals surface area contributed by atoms with Gasteiger partial charge in [-0.1, -0.05) is 18.2 Å². The molecule has 2 N–H and O–H groups in total. The molecule has 0 radical (unpaired) electrons. The number of guanidine groups is 1. The van der Waals surface area contributed by atoms with E-state index < -0.39 is 0 Å². The van der Waals surface area contributed by atoms with Crippen molar-refractivity contribution in [2.45, 2.75) is 37.9 Å². The molecular formula is C19H29IN4OS. The Hall–Kier alpha value is -0.960. The molecule has 144 valence electrons. The molecule has 2 aliphatic heterocycles. The van der Waals surface area contributed by atoms with Crippen LogP contribution in [0.2, 0.25) is 0 Å². The molecule has 1 aromatic carbocycles. The molecule has 1 atom stereocenters. The van der Waals surface area contributed by atoms with Gasteiger partial charge in [0.1, 0.15) is 0 Å². The highest BCUT2D eigenvalue weighted by molar-refractivity contribution is 14.0. The van der Waals surface area contributed by atoms with Crippen molar-refractivity contribution in [2.75, 3.05) is 37.2 Å². The van der Waals surface area contributed by atoms with Crippen LogP contribution < -0.4 is 10.6 Å². The average Bonchev–Trinajstić information content (AvgIpc) is 2.89. The first-order valence-corrected chi connectivity index (χ1v) is 10.1. The second-order valence-electron chi connectivity index (χ2n) is 7.18. The van der Waals surface area contributed by atoms with E-state index in [1.807, 2.05) is 36.0 Å². The normalized spacial score (nSPS) is 21.7. The van der Waals surface area contributed by atoms with Gasteiger partial charge in [0, 0.05) is 42.4 Å². The Bertz CT molecular complexity index is 665. The molecule has 5 nitrogen and oxygen atoms in total. The standard InChI is InChI=1S/C19H28N4OS.HI/c1-4-20-18(23-11-12-25-19(2,3)13-23)21-10-9-15-14-7-5-6-8-16(14)22-17(15)24;/h5-8,15H,4,9-13H2,1-3H3,(H,20,21)(H,22,24);1H. The molecule has 26 heavy (non-hydrogen) atoms. The van der Waals surface area contributed by atoms with E-state index in [4.69, 9.17) is 4.99 Å². The number of aliphatic imine (C=N–C) groups is 1. The molecule has 1 saturated heterocycles. The number of nitrogens with one attached hydrogen (secondary N) is 2. The van der Waals surface area contributed by atoms with Gasteiger partial charge in [0.05, 0.1) is 5.92 Å². The number of carbonyl (C=O) groups excluding carboxylic acids is 1. The first-order chi connectivity index (χ1) is 12.0. The van der Waals surface area contributed by atoms with Crippen molar-refractivity contribution >= 4 is 53.3 Å². The number of anilines is 1. The third-order valence-electron chi connectivity index (χ3n) is 4.65. The van der Waals surface area contributed by atoms with Crippen molar-refractivity contribution in [3.63, 3.8) is 0 Å². The van der Waals surface area contributed by atoms with Gasteiger partial charge >= 0.3 is 0 Å². The quantitative estimate of drug-likeness (QED) is 0.387. The molecule has 7 heteroatoms. The van der Waals surface area contributed by atoms with Gasteiger partial charge in [0.15, 0.2) is 5.96 Å². The van der Waals surface area contributed by atoms with Crippen molar-refractivity contribution < 1.29 is 4.79 Å². The lowest BCUT2D eigenvalue weighted by Crippen LogP contribution is -2.51. The third kappa shape index (κ3) is 5.06. The number of carbonyl (C=O) groups is 1. The van der Waals surface area contributed by atoms with Crippen molar-refractivity contribution in [1.29, 1.82) is 0 Å². The SMILES string of the molecule is CCNC(=NCCC1C(=O)Nc2ccccc21)N1CCSC(C)(C)C1.I. The molecule has 0 aromatic heterocycles. The fourth-order valence-corrected chi connectivity index (χ4v) is 4.60. The van der Waals surface area contributed by atoms with E-state index in [9.17, 15) is 4.79 Å². The van der Waals surface area contributed by atoms with E-state index in [1.54, 1.807) is 0 Å². The van der Waals surface area contributed by atoms with E-state index in [0.29, 0.717) is 6.54 Å². The van der Waals surface area contributed by atoms with Gasteiger partial charge in [0.2, 0.25) is 5.91 Å². The highest BCUT2D eigenvalue weighted by Crippen LogP contribution is 2.34. The Labute approximate surface area is 177 Å². The molecule has 3 rings (SSSR count). The number of amides is 1. The Morgan fingerprint density at radius 3 is 2.92 bits per heavy atom. The first kappa shape index (κ1) is 21.3. The Morgan fingerprint density at radius 1 is 1.42 bits per heavy atom. The minimum Gasteiger partial charge on any atom is -0.357 e. The van der Waals surface area contributed by atoms with E-state index in [0.717, 1.165) is 49.0 Å². The number of hydrogen-bond acceptors (Lipinski definition) is 3. The third-order valence-corrected chi connectivity index (χ3v) is 5.95. The average molecular weight is 488 g/mol. The predicted molar refractivity (Wildman–Crippen MR) is 122 cm³/mol. The van der Waals surface area contributed by atoms with Crippen LogP contribution in [0.1, 0.15) is 38.7 Å². The number of rotatable bonds is 4. The van der Waals surface area contributed by atoms with E-state index >= 15 is 0 Å². The smallest absolute Gasteiger partial charge is 0.232 e. The van der Waals surface area contributed by atoms with Gasteiger partial charge in [-0.05, 0) is 38.8 Å². The number of nitrogens with zero attached hydrogens (tertiary/aromatic N) is 2. The Kier molecular flexibility index (Phi) is 7.63. The highest BCUT2D eigenvalue weighted by Gasteiger charge is 2.30. The predicted octanol–water partition coefficient (Wildman–Crippen LogP) is 3.52. The number of thioether (sulfide) groups is 1. The Morgan fingerprint density at radius 2 is 2.19 bits per heavy atom. The lowest BCUT2D eigenvalue weighted by atomic mass is 9.97. The lowest BCUT2D eigenvalue weighted by molar-refractivity contribution is -0.117. The van der Waals surface area contributed by atoms with Gasteiger partial charge in [-0.3, -0.25) is 9.79 Å². The van der Waals surface area contributed by atoms with Gasteiger partial charge in [0.25, 0.3) is 0 Å². The largest absolute Gasteiger partial charge is 0.357 e. The Balaban J connectivity index is 0.00000243. The van der Waals surface area contributed by atoms with Crippen LogP contribution in [-0.2, 0) is 4.79 Å². The van der Waals surface area contributed by atoms with Gasteiger partial charge in [-0.15, -0.1) is 24.0 Å². The summed E-state index contributed by atoms with van der Waals surface area (Å²) >= 11 is 2.02. The van der Waals surface area contributed by atoms with Crippen LogP contribution in [0, 0.1) is 0 Å². The molecule has 0 spiro atoms. The molecule has 1 unspecified atom stereocenters. The number of fused-ring (bicyclic) bond motifs is 1. The molecule has 0 aliphatic carbocycles. The minimum absolute atomic E-state index is 0. The number of para-hydroxylation sites is 1. The van der Waals surface area contributed by atoms with Gasteiger partial charge in [-0.2, -0.15) is 11.8 Å². The van der Waals surface area contributed by atoms with Gasteiger partial charge < -0.3 is 15.5 Å². The van der Waals surface area contributed by atoms with E-state index in [1.165, 1.54) is 0 Å². The summed E-state index contributed by atoms with van der Waals surface area (Å²) in [5.74, 6) is 2.10. The molecule has 2 aliphatic rings. The summed E-state index contributed by atoms with van der Waals surface area (Å²) in [6.45, 7) is 10.2. The van der Waals surface area contributed by atoms with Crippen molar-refractivity contribution in [3.8, 4) is 0 Å². The van der Waals surface area contributed by atoms with Crippen molar-refractivity contribution in [3.05, 3.63) is 29.8 Å². The summed E-state index contributed by atoms with van der Waals surface area (Å²) in [6.07, 6.45) is 0.740. The van der Waals surface area contributed by atoms with E-state index in [2.05, 4.69) is 36.3 Å². The number of benzene rings is 1. The maximum absolute atomic E-state index is 12.2. The van der Waals surface area contributed by atoms with Crippen LogP contribution in [0.15, 0.2) is 29.3 Å². The van der Waals surface area contributed by atoms with Crippen LogP contribution in [0.25, 0.3) is 0 Å². The maximum atomic E-state index is 12.2. The number of hydrogen-bond donors (Lipinski definition) is 2. The first-order valence-electron chi connectivity index (χ1n) is 9.07. The molecule has 1 fully saturated rings. The van der Waals surface area contributed by atoms with E-state index in [-0.39, 0.29) is 40.5 Å². The summed E-state index contributed by atoms with van der Waals surface area (Å²) in [5.41, 5.74) is 2.05. The summed E-state index contributed by atoms with van der Waals surface area (Å²) in [5, 5.41) is 6.38. The monoisotopic (exact) mass is 488 g/mol. The van der Waals surface area contributed by atoms with Crippen LogP contribution in [-0.4, -0.2) is 53.4 Å². The molecule has 1 amide bonds. The van der Waals surface area contributed by atoms with Crippen LogP contribution in [0.5, 0.6) is 0 Å². The summed E-state index contributed by atoms with van der Waals surface area (Å²) in [6, 6.07) is 7.96. The van der Waals surface area contributed by atoms with Gasteiger partial charge in [-0.25, -0.2) is 0 Å².